The maximum atomic E-state index is 13.0. The molecule has 0 N–H and O–H groups in total. The van der Waals surface area contributed by atoms with Crippen LogP contribution in [0.15, 0.2) is 18.3 Å². The maximum absolute atomic E-state index is 13.0. The Morgan fingerprint density at radius 3 is 2.35 bits per heavy atom. The van der Waals surface area contributed by atoms with Crippen LogP contribution in [0, 0.1) is 0 Å². The van der Waals surface area contributed by atoms with E-state index in [-0.39, 0.29) is 12.8 Å². The Kier molecular flexibility index (Phi) is 3.31. The van der Waals surface area contributed by atoms with Gasteiger partial charge in [0, 0.05) is 32.1 Å². The Morgan fingerprint density at radius 1 is 1.24 bits per heavy atom. The zero-order valence-corrected chi connectivity index (χ0v) is 10.3. The van der Waals surface area contributed by atoms with Crippen LogP contribution < -0.4 is 4.90 Å². The highest BCUT2D eigenvalue weighted by Gasteiger charge is 2.34. The highest BCUT2D eigenvalue weighted by molar-refractivity contribution is 5.40. The third-order valence-corrected chi connectivity index (χ3v) is 3.26. The number of pyridine rings is 1. The van der Waals surface area contributed by atoms with E-state index in [2.05, 4.69) is 18.8 Å². The molecule has 0 bridgehead atoms. The van der Waals surface area contributed by atoms with Crippen molar-refractivity contribution in [3.63, 3.8) is 0 Å². The van der Waals surface area contributed by atoms with Crippen molar-refractivity contribution in [2.45, 2.75) is 38.5 Å². The molecule has 94 valence electrons. The second-order valence-electron chi connectivity index (χ2n) is 4.95. The molecule has 2 nitrogen and oxygen atoms in total. The molecule has 1 aliphatic rings. The molecular weight excluding hydrogens is 222 g/mol. The van der Waals surface area contributed by atoms with Gasteiger partial charge in [-0.2, -0.15) is 0 Å². The summed E-state index contributed by atoms with van der Waals surface area (Å²) in [6.45, 7) is 5.00. The zero-order valence-electron chi connectivity index (χ0n) is 10.3. The molecule has 0 radical (unpaired) electrons. The number of halogens is 2. The van der Waals surface area contributed by atoms with Crippen molar-refractivity contribution >= 4 is 5.82 Å². The van der Waals surface area contributed by atoms with Crippen LogP contribution in [0.5, 0.6) is 0 Å². The number of hydrogen-bond donors (Lipinski definition) is 0. The predicted octanol–water partition coefficient (Wildman–Crippen LogP) is 3.44. The molecule has 0 unspecified atom stereocenters. The molecule has 1 aromatic heterocycles. The molecule has 0 atom stereocenters. The van der Waals surface area contributed by atoms with Gasteiger partial charge in [-0.15, -0.1) is 0 Å². The Balaban J connectivity index is 2.04. The van der Waals surface area contributed by atoms with Crippen LogP contribution in [0.4, 0.5) is 14.6 Å². The monoisotopic (exact) mass is 240 g/mol. The summed E-state index contributed by atoms with van der Waals surface area (Å²) in [6.07, 6.45) is 1.70. The number of rotatable bonds is 2. The van der Waals surface area contributed by atoms with Crippen LogP contribution in [-0.4, -0.2) is 24.0 Å². The summed E-state index contributed by atoms with van der Waals surface area (Å²) in [5.74, 6) is -1.24. The smallest absolute Gasteiger partial charge is 0.251 e. The number of aromatic nitrogens is 1. The van der Waals surface area contributed by atoms with Gasteiger partial charge in [0.2, 0.25) is 0 Å². The van der Waals surface area contributed by atoms with Crippen molar-refractivity contribution in [1.82, 2.24) is 4.98 Å². The van der Waals surface area contributed by atoms with E-state index in [4.69, 9.17) is 0 Å². The number of anilines is 1. The lowest BCUT2D eigenvalue weighted by Crippen LogP contribution is -2.39. The van der Waals surface area contributed by atoms with Gasteiger partial charge in [-0.1, -0.05) is 19.9 Å². The first-order valence-corrected chi connectivity index (χ1v) is 6.07. The maximum Gasteiger partial charge on any atom is 0.251 e. The van der Waals surface area contributed by atoms with E-state index >= 15 is 0 Å². The van der Waals surface area contributed by atoms with Crippen molar-refractivity contribution < 1.29 is 8.78 Å². The summed E-state index contributed by atoms with van der Waals surface area (Å²) >= 11 is 0. The summed E-state index contributed by atoms with van der Waals surface area (Å²) in [7, 11) is 0. The predicted molar refractivity (Wildman–Crippen MR) is 64.7 cm³/mol. The Morgan fingerprint density at radius 2 is 1.88 bits per heavy atom. The van der Waals surface area contributed by atoms with Crippen molar-refractivity contribution in [2.24, 2.45) is 0 Å². The second-order valence-corrected chi connectivity index (χ2v) is 4.95. The van der Waals surface area contributed by atoms with Crippen molar-refractivity contribution in [2.75, 3.05) is 18.0 Å². The van der Waals surface area contributed by atoms with Gasteiger partial charge in [-0.25, -0.2) is 13.8 Å². The Labute approximate surface area is 101 Å². The number of alkyl halides is 2. The van der Waals surface area contributed by atoms with Crippen LogP contribution in [0.25, 0.3) is 0 Å². The largest absolute Gasteiger partial charge is 0.356 e. The summed E-state index contributed by atoms with van der Waals surface area (Å²) in [4.78, 5) is 6.28. The molecule has 0 saturated carbocycles. The molecule has 17 heavy (non-hydrogen) atoms. The molecule has 1 aromatic rings. The molecule has 2 rings (SSSR count). The molecule has 1 fully saturated rings. The molecule has 0 spiro atoms. The van der Waals surface area contributed by atoms with E-state index in [0.717, 1.165) is 5.82 Å². The minimum atomic E-state index is -2.49. The van der Waals surface area contributed by atoms with E-state index in [1.807, 2.05) is 23.2 Å². The molecule has 4 heteroatoms. The molecule has 0 aliphatic carbocycles. The van der Waals surface area contributed by atoms with Gasteiger partial charge < -0.3 is 4.90 Å². The van der Waals surface area contributed by atoms with Crippen LogP contribution in [-0.2, 0) is 0 Å². The molecule has 1 saturated heterocycles. The van der Waals surface area contributed by atoms with Gasteiger partial charge in [-0.05, 0) is 17.5 Å². The molecule has 2 heterocycles. The lowest BCUT2D eigenvalue weighted by molar-refractivity contribution is -0.0221. The average molecular weight is 240 g/mol. The van der Waals surface area contributed by atoms with Gasteiger partial charge in [0.1, 0.15) is 5.82 Å². The van der Waals surface area contributed by atoms with Crippen LogP contribution in [0.1, 0.15) is 38.2 Å². The fourth-order valence-electron chi connectivity index (χ4n) is 1.99. The third-order valence-electron chi connectivity index (χ3n) is 3.26. The summed E-state index contributed by atoms with van der Waals surface area (Å²) in [5, 5.41) is 0. The number of piperidine rings is 1. The van der Waals surface area contributed by atoms with Gasteiger partial charge in [0.25, 0.3) is 5.92 Å². The van der Waals surface area contributed by atoms with Crippen molar-refractivity contribution in [3.8, 4) is 0 Å². The fraction of sp³-hybridized carbons (Fsp3) is 0.615. The van der Waals surface area contributed by atoms with E-state index in [9.17, 15) is 8.78 Å². The SMILES string of the molecule is CC(C)c1ccc(N2CCC(F)(F)CC2)nc1. The van der Waals surface area contributed by atoms with Crippen molar-refractivity contribution in [3.05, 3.63) is 23.9 Å². The van der Waals surface area contributed by atoms with Gasteiger partial charge >= 0.3 is 0 Å². The summed E-state index contributed by atoms with van der Waals surface area (Å²) < 4.78 is 26.0. The highest BCUT2D eigenvalue weighted by atomic mass is 19.3. The summed E-state index contributed by atoms with van der Waals surface area (Å²) in [5.41, 5.74) is 1.18. The molecule has 0 amide bonds. The van der Waals surface area contributed by atoms with Crippen LogP contribution in [0.3, 0.4) is 0 Å². The lowest BCUT2D eigenvalue weighted by Gasteiger charge is -2.32. The highest BCUT2D eigenvalue weighted by Crippen LogP contribution is 2.29. The zero-order chi connectivity index (χ0) is 12.5. The van der Waals surface area contributed by atoms with Gasteiger partial charge in [0.05, 0.1) is 0 Å². The van der Waals surface area contributed by atoms with Crippen LogP contribution >= 0.6 is 0 Å². The normalized spacial score (nSPS) is 19.7. The van der Waals surface area contributed by atoms with E-state index in [1.165, 1.54) is 5.56 Å². The minimum Gasteiger partial charge on any atom is -0.356 e. The van der Waals surface area contributed by atoms with E-state index in [1.54, 1.807) is 0 Å². The van der Waals surface area contributed by atoms with E-state index < -0.39 is 5.92 Å². The standard InChI is InChI=1S/C13H18F2N2/c1-10(2)11-3-4-12(16-9-11)17-7-5-13(14,15)6-8-17/h3-4,9-10H,5-8H2,1-2H3. The minimum absolute atomic E-state index is 0.0688. The molecular formula is C13H18F2N2. The van der Waals surface area contributed by atoms with Crippen LogP contribution in [0.2, 0.25) is 0 Å². The van der Waals surface area contributed by atoms with Gasteiger partial charge in [0.15, 0.2) is 0 Å². The lowest BCUT2D eigenvalue weighted by atomic mass is 10.1. The first-order chi connectivity index (χ1) is 7.98. The third kappa shape index (κ3) is 2.93. The number of nitrogens with zero attached hydrogens (tertiary/aromatic N) is 2. The first kappa shape index (κ1) is 12.3. The number of hydrogen-bond acceptors (Lipinski definition) is 2. The molecule has 1 aliphatic heterocycles. The first-order valence-electron chi connectivity index (χ1n) is 6.07. The summed E-state index contributed by atoms with van der Waals surface area (Å²) in [6, 6.07) is 3.96. The van der Waals surface area contributed by atoms with Crippen molar-refractivity contribution in [1.29, 1.82) is 0 Å². The topological polar surface area (TPSA) is 16.1 Å². The molecule has 0 aromatic carbocycles. The Hall–Kier alpha value is -1.19. The second kappa shape index (κ2) is 4.59. The Bertz CT molecular complexity index is 364. The van der Waals surface area contributed by atoms with Gasteiger partial charge in [-0.3, -0.25) is 0 Å². The quantitative estimate of drug-likeness (QED) is 0.787. The van der Waals surface area contributed by atoms with E-state index in [0.29, 0.717) is 19.0 Å². The fourth-order valence-corrected chi connectivity index (χ4v) is 1.99. The average Bonchev–Trinajstić information content (AvgIpc) is 2.29.